The van der Waals surface area contributed by atoms with E-state index in [2.05, 4.69) is 0 Å². The molecule has 2 aromatic carbocycles. The Kier molecular flexibility index (Phi) is 5.52. The second-order valence-electron chi connectivity index (χ2n) is 6.18. The van der Waals surface area contributed by atoms with Crippen molar-refractivity contribution < 1.29 is 23.9 Å². The summed E-state index contributed by atoms with van der Waals surface area (Å²) in [6.07, 6.45) is -1.01. The molecule has 0 spiro atoms. The van der Waals surface area contributed by atoms with Crippen molar-refractivity contribution in [3.05, 3.63) is 71.8 Å². The van der Waals surface area contributed by atoms with E-state index >= 15 is 0 Å². The Bertz CT molecular complexity index is 825. The van der Waals surface area contributed by atoms with Gasteiger partial charge in [-0.1, -0.05) is 60.7 Å². The Morgan fingerprint density at radius 3 is 2.26 bits per heavy atom. The number of rotatable bonds is 6. The van der Waals surface area contributed by atoms with Crippen LogP contribution in [0.25, 0.3) is 0 Å². The van der Waals surface area contributed by atoms with Crippen LogP contribution in [0.5, 0.6) is 0 Å². The zero-order valence-electron chi connectivity index (χ0n) is 14.8. The first-order chi connectivity index (χ1) is 13.0. The smallest absolute Gasteiger partial charge is 0.334 e. The third-order valence-electron chi connectivity index (χ3n) is 4.25. The van der Waals surface area contributed by atoms with Crippen LogP contribution in [0.15, 0.2) is 60.7 Å². The monoisotopic (exact) mass is 368 g/mol. The normalized spacial score (nSPS) is 19.8. The highest BCUT2D eigenvalue weighted by Gasteiger charge is 2.53. The number of ether oxygens (including phenoxy) is 2. The van der Waals surface area contributed by atoms with Crippen molar-refractivity contribution in [1.82, 2.24) is 4.90 Å². The molecule has 0 bridgehead atoms. The summed E-state index contributed by atoms with van der Waals surface area (Å²) < 4.78 is 10.6. The maximum absolute atomic E-state index is 12.8. The number of carbonyl (C=O) groups is 3. The number of amides is 1. The molecule has 1 aliphatic rings. The number of nitrogens with two attached hydrogens (primary N) is 1. The fourth-order valence-electron chi connectivity index (χ4n) is 2.94. The second-order valence-corrected chi connectivity index (χ2v) is 6.18. The lowest BCUT2D eigenvalue weighted by molar-refractivity contribution is -0.199. The lowest BCUT2D eigenvalue weighted by atomic mass is 9.97. The number of carbonyl (C=O) groups excluding carboxylic acids is 3. The van der Waals surface area contributed by atoms with Gasteiger partial charge < -0.3 is 15.2 Å². The molecule has 7 nitrogen and oxygen atoms in total. The number of esters is 2. The molecule has 1 saturated heterocycles. The van der Waals surface area contributed by atoms with Gasteiger partial charge in [-0.15, -0.1) is 0 Å². The predicted molar refractivity (Wildman–Crippen MR) is 95.8 cm³/mol. The van der Waals surface area contributed by atoms with Gasteiger partial charge in [-0.05, 0) is 11.1 Å². The van der Waals surface area contributed by atoms with Crippen molar-refractivity contribution in [3.63, 3.8) is 0 Å². The van der Waals surface area contributed by atoms with Crippen molar-refractivity contribution in [2.75, 3.05) is 0 Å². The molecule has 27 heavy (non-hydrogen) atoms. The lowest BCUT2D eigenvalue weighted by Crippen LogP contribution is -2.71. The van der Waals surface area contributed by atoms with Gasteiger partial charge in [0.05, 0.1) is 0 Å². The second kappa shape index (κ2) is 8.01. The molecule has 3 rings (SSSR count). The van der Waals surface area contributed by atoms with Crippen LogP contribution in [0.4, 0.5) is 0 Å². The summed E-state index contributed by atoms with van der Waals surface area (Å²) in [5, 5.41) is 0. The van der Waals surface area contributed by atoms with E-state index in [1.54, 1.807) is 30.3 Å². The minimum Gasteiger partial charge on any atom is -0.459 e. The van der Waals surface area contributed by atoms with E-state index < -0.39 is 36.2 Å². The summed E-state index contributed by atoms with van der Waals surface area (Å²) in [6, 6.07) is 15.9. The summed E-state index contributed by atoms with van der Waals surface area (Å²) in [7, 11) is 0. The number of nitrogens with zero attached hydrogens (tertiary/aromatic N) is 1. The van der Waals surface area contributed by atoms with E-state index in [1.807, 2.05) is 30.3 Å². The standard InChI is InChI=1S/C20H20N2O5/c1-13(23)27-19-16(21)18(24)22(19)17(15-10-6-3-7-11-15)20(25)26-12-14-8-4-2-5-9-14/h2-11,16-17,19H,12,21H2,1H3. The Morgan fingerprint density at radius 1 is 1.07 bits per heavy atom. The van der Waals surface area contributed by atoms with Crippen molar-refractivity contribution in [2.24, 2.45) is 5.73 Å². The Morgan fingerprint density at radius 2 is 1.67 bits per heavy atom. The van der Waals surface area contributed by atoms with E-state index in [0.717, 1.165) is 10.5 Å². The van der Waals surface area contributed by atoms with Gasteiger partial charge in [-0.3, -0.25) is 14.5 Å². The first-order valence-electron chi connectivity index (χ1n) is 8.49. The van der Waals surface area contributed by atoms with E-state index in [1.165, 1.54) is 6.92 Å². The SMILES string of the molecule is CC(=O)OC1C(N)C(=O)N1C(C(=O)OCc1ccccc1)c1ccccc1. The molecule has 1 fully saturated rings. The highest BCUT2D eigenvalue weighted by atomic mass is 16.6. The highest BCUT2D eigenvalue weighted by molar-refractivity contribution is 5.94. The quantitative estimate of drug-likeness (QED) is 0.613. The Hall–Kier alpha value is -3.19. The van der Waals surface area contributed by atoms with Crippen molar-refractivity contribution in [3.8, 4) is 0 Å². The Labute approximate surface area is 156 Å². The molecule has 0 saturated carbocycles. The first kappa shape index (κ1) is 18.6. The van der Waals surface area contributed by atoms with Crippen LogP contribution in [0.3, 0.4) is 0 Å². The molecule has 3 unspecified atom stereocenters. The summed E-state index contributed by atoms with van der Waals surface area (Å²) in [6.45, 7) is 1.29. The number of β-lactam (4-membered cyclic amide) rings is 1. The summed E-state index contributed by atoms with van der Waals surface area (Å²) in [5.41, 5.74) is 7.13. The number of hydrogen-bond donors (Lipinski definition) is 1. The van der Waals surface area contributed by atoms with Gasteiger partial charge >= 0.3 is 11.9 Å². The molecule has 0 radical (unpaired) electrons. The molecule has 1 heterocycles. The lowest BCUT2D eigenvalue weighted by Gasteiger charge is -2.47. The van der Waals surface area contributed by atoms with Crippen molar-refractivity contribution in [2.45, 2.75) is 31.8 Å². The topological polar surface area (TPSA) is 98.9 Å². The summed E-state index contributed by atoms with van der Waals surface area (Å²) in [4.78, 5) is 37.7. The fourth-order valence-corrected chi connectivity index (χ4v) is 2.94. The third-order valence-corrected chi connectivity index (χ3v) is 4.25. The van der Waals surface area contributed by atoms with Crippen LogP contribution >= 0.6 is 0 Å². The average Bonchev–Trinajstić information content (AvgIpc) is 2.69. The largest absolute Gasteiger partial charge is 0.459 e. The van der Waals surface area contributed by atoms with Gasteiger partial charge in [-0.2, -0.15) is 0 Å². The maximum Gasteiger partial charge on any atom is 0.334 e. The molecule has 140 valence electrons. The van der Waals surface area contributed by atoms with Gasteiger partial charge in [0.2, 0.25) is 12.1 Å². The van der Waals surface area contributed by atoms with Gasteiger partial charge in [0, 0.05) is 6.92 Å². The Balaban J connectivity index is 1.84. The number of likely N-dealkylation sites (tertiary alicyclic amines) is 1. The zero-order chi connectivity index (χ0) is 19.4. The third kappa shape index (κ3) is 3.98. The molecule has 2 N–H and O–H groups in total. The fraction of sp³-hybridized carbons (Fsp3) is 0.250. The molecular weight excluding hydrogens is 348 g/mol. The van der Waals surface area contributed by atoms with Gasteiger partial charge in [-0.25, -0.2) is 4.79 Å². The van der Waals surface area contributed by atoms with Crippen molar-refractivity contribution in [1.29, 1.82) is 0 Å². The van der Waals surface area contributed by atoms with Crippen LogP contribution in [-0.4, -0.2) is 35.0 Å². The van der Waals surface area contributed by atoms with Crippen LogP contribution in [0.1, 0.15) is 24.1 Å². The van der Waals surface area contributed by atoms with Crippen LogP contribution in [-0.2, 0) is 30.5 Å². The molecule has 1 amide bonds. The van der Waals surface area contributed by atoms with E-state index in [-0.39, 0.29) is 6.61 Å². The van der Waals surface area contributed by atoms with E-state index in [0.29, 0.717) is 5.56 Å². The average molecular weight is 368 g/mol. The minimum atomic E-state index is -1.05. The highest BCUT2D eigenvalue weighted by Crippen LogP contribution is 2.33. The molecular formula is C20H20N2O5. The predicted octanol–water partition coefficient (Wildman–Crippen LogP) is 1.53. The van der Waals surface area contributed by atoms with E-state index in [9.17, 15) is 14.4 Å². The summed E-state index contributed by atoms with van der Waals surface area (Å²) >= 11 is 0. The minimum absolute atomic E-state index is 0.0648. The van der Waals surface area contributed by atoms with Crippen LogP contribution < -0.4 is 5.73 Å². The summed E-state index contributed by atoms with van der Waals surface area (Å²) in [5.74, 6) is -1.69. The molecule has 3 atom stereocenters. The van der Waals surface area contributed by atoms with Gasteiger partial charge in [0.1, 0.15) is 12.6 Å². The first-order valence-corrected chi connectivity index (χ1v) is 8.49. The molecule has 7 heteroatoms. The number of benzene rings is 2. The van der Waals surface area contributed by atoms with Crippen molar-refractivity contribution >= 4 is 17.8 Å². The van der Waals surface area contributed by atoms with Crippen LogP contribution in [0, 0.1) is 0 Å². The molecule has 0 aliphatic carbocycles. The number of hydrogen-bond acceptors (Lipinski definition) is 6. The molecule has 1 aliphatic heterocycles. The maximum atomic E-state index is 12.8. The zero-order valence-corrected chi connectivity index (χ0v) is 14.8. The molecule has 0 aromatic heterocycles. The van der Waals surface area contributed by atoms with Crippen LogP contribution in [0.2, 0.25) is 0 Å². The van der Waals surface area contributed by atoms with Gasteiger partial charge in [0.25, 0.3) is 0 Å². The van der Waals surface area contributed by atoms with E-state index in [4.69, 9.17) is 15.2 Å². The molecule has 2 aromatic rings. The van der Waals surface area contributed by atoms with Gasteiger partial charge in [0.15, 0.2) is 6.04 Å².